The molecule has 26 heteroatoms. The van der Waals surface area contributed by atoms with Crippen LogP contribution in [0.15, 0.2) is 36.4 Å². The maximum atomic E-state index is 13.9. The molecule has 0 unspecified atom stereocenters. The number of hydrogen-bond donors (Lipinski definition) is 0. The summed E-state index contributed by atoms with van der Waals surface area (Å²) in [5, 5.41) is 0. The van der Waals surface area contributed by atoms with Gasteiger partial charge in [0.2, 0.25) is 0 Å². The minimum atomic E-state index is -8.17. The Balaban J connectivity index is 3.27. The first-order chi connectivity index (χ1) is 21.7. The molecule has 0 N–H and O–H groups in total. The molecule has 0 radical (unpaired) electrons. The lowest BCUT2D eigenvalue weighted by molar-refractivity contribution is -0.439. The summed E-state index contributed by atoms with van der Waals surface area (Å²) in [6.07, 6.45) is -21.2. The van der Waals surface area contributed by atoms with Crippen molar-refractivity contribution in [2.75, 3.05) is 0 Å². The summed E-state index contributed by atoms with van der Waals surface area (Å²) in [5.41, 5.74) is -1.30. The molecular formula is C24H12F26. The van der Waals surface area contributed by atoms with Crippen molar-refractivity contribution in [1.29, 1.82) is 0 Å². The topological polar surface area (TPSA) is 0 Å². The van der Waals surface area contributed by atoms with Crippen molar-refractivity contribution in [2.24, 2.45) is 0 Å². The fourth-order valence-electron chi connectivity index (χ4n) is 3.31. The van der Waals surface area contributed by atoms with Gasteiger partial charge in [-0.3, -0.25) is 0 Å². The maximum Gasteiger partial charge on any atom is 0.460 e. The highest BCUT2D eigenvalue weighted by Crippen LogP contribution is 2.62. The Kier molecular flexibility index (Phi) is 11.5. The van der Waals surface area contributed by atoms with E-state index in [2.05, 4.69) is 0 Å². The van der Waals surface area contributed by atoms with Crippen LogP contribution in [0.5, 0.6) is 0 Å². The molecule has 290 valence electrons. The quantitative estimate of drug-likeness (QED) is 0.165. The summed E-state index contributed by atoms with van der Waals surface area (Å²) in [6, 6.07) is 2.64. The molecule has 1 aromatic rings. The Morgan fingerprint density at radius 2 is 0.580 bits per heavy atom. The molecule has 0 nitrogen and oxygen atoms in total. The molecule has 0 spiro atoms. The molecule has 0 aliphatic rings. The van der Waals surface area contributed by atoms with Gasteiger partial charge in [0.1, 0.15) is 0 Å². The van der Waals surface area contributed by atoms with Crippen molar-refractivity contribution in [1.82, 2.24) is 0 Å². The summed E-state index contributed by atoms with van der Waals surface area (Å²) >= 11 is 0. The van der Waals surface area contributed by atoms with Crippen LogP contribution < -0.4 is 0 Å². The zero-order valence-corrected chi connectivity index (χ0v) is 22.9. The minimum Gasteiger partial charge on any atom is -0.199 e. The van der Waals surface area contributed by atoms with Gasteiger partial charge in [-0.05, 0) is 17.2 Å². The molecule has 0 aliphatic carbocycles. The van der Waals surface area contributed by atoms with E-state index < -0.39 is 95.5 Å². The third-order valence-electron chi connectivity index (χ3n) is 6.28. The lowest BCUT2D eigenvalue weighted by atomic mass is 9.92. The smallest absolute Gasteiger partial charge is 0.199 e. The first kappa shape index (κ1) is 44.9. The lowest BCUT2D eigenvalue weighted by Crippen LogP contribution is -2.70. The van der Waals surface area contributed by atoms with Crippen LogP contribution in [0.4, 0.5) is 114 Å². The molecule has 0 heterocycles. The number of benzene rings is 1. The molecule has 0 fully saturated rings. The van der Waals surface area contributed by atoms with Crippen LogP contribution in [0.2, 0.25) is 0 Å². The number of halogens is 26. The number of rotatable bonds is 14. The van der Waals surface area contributed by atoms with Gasteiger partial charge in [-0.2, -0.15) is 114 Å². The highest BCUT2D eigenvalue weighted by atomic mass is 19.4. The first-order valence-electron chi connectivity index (χ1n) is 12.0. The van der Waals surface area contributed by atoms with Gasteiger partial charge < -0.3 is 0 Å². The summed E-state index contributed by atoms with van der Waals surface area (Å²) in [7, 11) is 0. The van der Waals surface area contributed by atoms with Crippen LogP contribution in [0.3, 0.4) is 0 Å². The monoisotopic (exact) mass is 794 g/mol. The van der Waals surface area contributed by atoms with Crippen LogP contribution in [0.1, 0.15) is 24.0 Å². The van der Waals surface area contributed by atoms with E-state index >= 15 is 0 Å². The van der Waals surface area contributed by atoms with Gasteiger partial charge in [-0.1, -0.05) is 42.5 Å². The van der Waals surface area contributed by atoms with Crippen LogP contribution in [0.25, 0.3) is 12.2 Å². The largest absolute Gasteiger partial charge is 0.460 e. The van der Waals surface area contributed by atoms with E-state index in [0.717, 1.165) is 6.07 Å². The Hall–Kier alpha value is -3.12. The summed E-state index contributed by atoms with van der Waals surface area (Å²) in [4.78, 5) is 0. The predicted octanol–water partition coefficient (Wildman–Crippen LogP) is 12.0. The number of allylic oxidation sites excluding steroid dienone is 2. The first-order valence-corrected chi connectivity index (χ1v) is 12.0. The van der Waals surface area contributed by atoms with Crippen molar-refractivity contribution in [3.8, 4) is 0 Å². The van der Waals surface area contributed by atoms with Gasteiger partial charge in [0.15, 0.2) is 0 Å². The Morgan fingerprint density at radius 1 is 0.340 bits per heavy atom. The third-order valence-corrected chi connectivity index (χ3v) is 6.28. The summed E-state index contributed by atoms with van der Waals surface area (Å²) in [5.74, 6) is -76.8. The van der Waals surface area contributed by atoms with Crippen molar-refractivity contribution in [3.05, 3.63) is 47.5 Å². The van der Waals surface area contributed by atoms with Crippen LogP contribution >= 0.6 is 0 Å². The minimum absolute atomic E-state index is 0.161. The standard InChI is InChI=1S/C24H12F26/c25-13(26,15(29,30)17(33,34)19(37,38)21(41,42)23(45,46)47)8-2-6-11-4-1-5-12(10-11)7-3-9-14(27,28)16(31,32)18(35,36)20(39,40)22(43,44)24(48,49)50/h1-7,10H,8-9H2/b6-2+,7-3+. The zero-order chi connectivity index (χ0) is 40.2. The molecule has 0 aliphatic heterocycles. The molecule has 0 saturated heterocycles. The van der Waals surface area contributed by atoms with E-state index in [9.17, 15) is 114 Å². The highest BCUT2D eigenvalue weighted by Gasteiger charge is 2.91. The second-order valence-corrected chi connectivity index (χ2v) is 9.88. The Labute approximate surface area is 259 Å². The second-order valence-electron chi connectivity index (χ2n) is 9.88. The Bertz CT molecular complexity index is 1290. The van der Waals surface area contributed by atoms with Crippen molar-refractivity contribution in [3.63, 3.8) is 0 Å². The van der Waals surface area contributed by atoms with Gasteiger partial charge in [0.05, 0.1) is 0 Å². The fourth-order valence-corrected chi connectivity index (χ4v) is 3.31. The molecule has 0 atom stereocenters. The van der Waals surface area contributed by atoms with Crippen molar-refractivity contribution >= 4 is 12.2 Å². The van der Waals surface area contributed by atoms with E-state index in [4.69, 9.17) is 0 Å². The number of hydrogen-bond acceptors (Lipinski definition) is 0. The summed E-state index contributed by atoms with van der Waals surface area (Å²) < 4.78 is 342. The molecule has 1 rings (SSSR count). The molecular weight excluding hydrogens is 782 g/mol. The van der Waals surface area contributed by atoms with Gasteiger partial charge in [0.25, 0.3) is 0 Å². The van der Waals surface area contributed by atoms with E-state index in [1.807, 2.05) is 0 Å². The normalized spacial score (nSPS) is 16.2. The third kappa shape index (κ3) is 7.03. The van der Waals surface area contributed by atoms with E-state index in [-0.39, 0.29) is 24.3 Å². The van der Waals surface area contributed by atoms with E-state index in [1.54, 1.807) is 0 Å². The molecule has 0 bridgehead atoms. The SMILES string of the molecule is FC(F)(F)C(F)(F)C(F)(F)C(F)(F)C(F)(F)C(F)(F)C/C=C/c1cccc(/C=C/CC(F)(F)C(F)(F)C(F)(F)C(F)(F)C(F)(F)C(F)(F)F)c1. The average Bonchev–Trinajstić information content (AvgIpc) is 2.91. The molecule has 1 aromatic carbocycles. The lowest BCUT2D eigenvalue weighted by Gasteiger charge is -2.39. The van der Waals surface area contributed by atoms with Gasteiger partial charge in [-0.25, -0.2) is 0 Å². The number of alkyl halides is 26. The predicted molar refractivity (Wildman–Crippen MR) is 115 cm³/mol. The van der Waals surface area contributed by atoms with E-state index in [1.165, 1.54) is 0 Å². The molecule has 50 heavy (non-hydrogen) atoms. The van der Waals surface area contributed by atoms with Gasteiger partial charge >= 0.3 is 71.6 Å². The zero-order valence-electron chi connectivity index (χ0n) is 22.9. The average molecular weight is 794 g/mol. The van der Waals surface area contributed by atoms with Gasteiger partial charge in [-0.15, -0.1) is 0 Å². The van der Waals surface area contributed by atoms with Gasteiger partial charge in [0, 0.05) is 12.8 Å². The molecule has 0 aromatic heterocycles. The van der Waals surface area contributed by atoms with Crippen LogP contribution in [-0.4, -0.2) is 71.6 Å². The molecule has 0 amide bonds. The Morgan fingerprint density at radius 3 is 0.820 bits per heavy atom. The summed E-state index contributed by atoms with van der Waals surface area (Å²) in [6.45, 7) is 0. The second kappa shape index (κ2) is 12.8. The van der Waals surface area contributed by atoms with E-state index in [0.29, 0.717) is 18.2 Å². The van der Waals surface area contributed by atoms with Crippen molar-refractivity contribution in [2.45, 2.75) is 84.4 Å². The van der Waals surface area contributed by atoms with Crippen LogP contribution in [0, 0.1) is 0 Å². The molecule has 0 saturated carbocycles. The van der Waals surface area contributed by atoms with Crippen molar-refractivity contribution < 1.29 is 114 Å². The highest BCUT2D eigenvalue weighted by molar-refractivity contribution is 5.57. The fraction of sp³-hybridized carbons (Fsp3) is 0.583. The maximum absolute atomic E-state index is 13.9. The van der Waals surface area contributed by atoms with Crippen LogP contribution in [-0.2, 0) is 0 Å².